The van der Waals surface area contributed by atoms with Crippen LogP contribution in [0.1, 0.15) is 15.9 Å². The van der Waals surface area contributed by atoms with Crippen LogP contribution in [0.15, 0.2) is 47.8 Å². The van der Waals surface area contributed by atoms with E-state index in [1.807, 2.05) is 24.3 Å². The second-order valence-electron chi connectivity index (χ2n) is 6.67. The fraction of sp³-hybridized carbons (Fsp3) is 0.174. The van der Waals surface area contributed by atoms with Gasteiger partial charge in [0.2, 0.25) is 5.75 Å². The number of thiol groups is 1. The highest BCUT2D eigenvalue weighted by atomic mass is 32.1. The number of rotatable bonds is 7. The van der Waals surface area contributed by atoms with Crippen molar-refractivity contribution in [3.8, 4) is 33.4 Å². The lowest BCUT2D eigenvalue weighted by atomic mass is 9.98. The quantitative estimate of drug-likeness (QED) is 0.234. The Morgan fingerprint density at radius 1 is 0.938 bits per heavy atom. The van der Waals surface area contributed by atoms with Crippen molar-refractivity contribution in [3.05, 3.63) is 53.7 Å². The summed E-state index contributed by atoms with van der Waals surface area (Å²) in [5, 5.41) is 0.990. The minimum Gasteiger partial charge on any atom is -0.497 e. The Labute approximate surface area is 194 Å². The fourth-order valence-corrected chi connectivity index (χ4v) is 4.78. The molecule has 0 N–H and O–H groups in total. The molecule has 7 nitrogen and oxygen atoms in total. The lowest BCUT2D eigenvalue weighted by molar-refractivity contribution is 0.104. The summed E-state index contributed by atoms with van der Waals surface area (Å²) in [6.07, 6.45) is 1.62. The maximum atomic E-state index is 13.8. The number of ketones is 1. The van der Waals surface area contributed by atoms with Crippen LogP contribution in [-0.4, -0.2) is 44.2 Å². The van der Waals surface area contributed by atoms with E-state index >= 15 is 0 Å². The molecular weight excluding hydrogens is 448 g/mol. The van der Waals surface area contributed by atoms with E-state index in [4.69, 9.17) is 18.9 Å². The van der Waals surface area contributed by atoms with Crippen molar-refractivity contribution in [3.63, 3.8) is 0 Å². The number of thiophene rings is 1. The van der Waals surface area contributed by atoms with Gasteiger partial charge in [0.05, 0.1) is 34.0 Å². The highest BCUT2D eigenvalue weighted by molar-refractivity contribution is 7.80. The first-order chi connectivity index (χ1) is 15.5. The smallest absolute Gasteiger partial charge is 0.203 e. The van der Waals surface area contributed by atoms with Crippen LogP contribution in [0.3, 0.4) is 0 Å². The Kier molecular flexibility index (Phi) is 6.20. The van der Waals surface area contributed by atoms with E-state index in [9.17, 15) is 4.79 Å². The van der Waals surface area contributed by atoms with Gasteiger partial charge in [0.15, 0.2) is 22.4 Å². The number of hydrogen-bond acceptors (Lipinski definition) is 9. The monoisotopic (exact) mass is 468 g/mol. The fourth-order valence-electron chi connectivity index (χ4n) is 3.40. The molecule has 2 heterocycles. The Bertz CT molecular complexity index is 1280. The predicted octanol–water partition coefficient (Wildman–Crippen LogP) is 4.91. The topological polar surface area (TPSA) is 79.8 Å². The Morgan fingerprint density at radius 2 is 1.59 bits per heavy atom. The van der Waals surface area contributed by atoms with Crippen molar-refractivity contribution in [2.45, 2.75) is 5.16 Å². The zero-order valence-corrected chi connectivity index (χ0v) is 19.5. The minimum absolute atomic E-state index is 0.211. The van der Waals surface area contributed by atoms with Crippen LogP contribution < -0.4 is 18.9 Å². The van der Waals surface area contributed by atoms with Gasteiger partial charge in [0.1, 0.15) is 10.6 Å². The highest BCUT2D eigenvalue weighted by Crippen LogP contribution is 2.42. The first-order valence-electron chi connectivity index (χ1n) is 9.48. The van der Waals surface area contributed by atoms with Crippen molar-refractivity contribution in [2.75, 3.05) is 28.4 Å². The summed E-state index contributed by atoms with van der Waals surface area (Å²) in [4.78, 5) is 23.9. The molecule has 0 amide bonds. The Morgan fingerprint density at radius 3 is 2.16 bits per heavy atom. The van der Waals surface area contributed by atoms with E-state index in [1.54, 1.807) is 25.4 Å². The second kappa shape index (κ2) is 9.05. The van der Waals surface area contributed by atoms with E-state index in [0.717, 1.165) is 16.2 Å². The van der Waals surface area contributed by atoms with Gasteiger partial charge in [-0.3, -0.25) is 4.79 Å². The molecule has 0 unspecified atom stereocenters. The van der Waals surface area contributed by atoms with Crippen molar-refractivity contribution >= 4 is 40.0 Å². The van der Waals surface area contributed by atoms with E-state index < -0.39 is 0 Å². The summed E-state index contributed by atoms with van der Waals surface area (Å²) in [5.74, 6) is 1.73. The maximum absolute atomic E-state index is 13.8. The SMILES string of the molecule is COc1ccc(-c2sc3nc(S)ncc3c2C(=O)c2cc(OC)c(OC)c(OC)c2)cc1. The molecule has 4 aromatic rings. The summed E-state index contributed by atoms with van der Waals surface area (Å²) in [7, 11) is 6.15. The second-order valence-corrected chi connectivity index (χ2v) is 8.07. The summed E-state index contributed by atoms with van der Waals surface area (Å²) in [5.41, 5.74) is 1.76. The molecule has 0 aliphatic rings. The molecule has 0 fully saturated rings. The zero-order valence-electron chi connectivity index (χ0n) is 17.8. The van der Waals surface area contributed by atoms with Gasteiger partial charge in [-0.05, 0) is 42.0 Å². The van der Waals surface area contributed by atoms with E-state index in [0.29, 0.717) is 43.7 Å². The molecule has 0 atom stereocenters. The number of aromatic nitrogens is 2. The van der Waals surface area contributed by atoms with Crippen molar-refractivity contribution in [2.24, 2.45) is 0 Å². The van der Waals surface area contributed by atoms with Crippen LogP contribution in [0, 0.1) is 0 Å². The Hall–Kier alpha value is -3.30. The van der Waals surface area contributed by atoms with Crippen LogP contribution >= 0.6 is 24.0 Å². The standard InChI is InChI=1S/C23H20N2O5S2/c1-27-14-7-5-12(6-8-14)21-18(15-11-24-23(31)25-22(15)32-21)19(26)13-9-16(28-2)20(30-4)17(10-13)29-3/h5-11H,1-4H3,(H,24,25,31). The molecular formula is C23H20N2O5S2. The molecule has 32 heavy (non-hydrogen) atoms. The first-order valence-corrected chi connectivity index (χ1v) is 10.7. The lowest BCUT2D eigenvalue weighted by Gasteiger charge is -2.14. The molecule has 0 spiro atoms. The van der Waals surface area contributed by atoms with Crippen molar-refractivity contribution in [1.29, 1.82) is 0 Å². The molecule has 0 saturated heterocycles. The van der Waals surface area contributed by atoms with Gasteiger partial charge in [0, 0.05) is 22.0 Å². The van der Waals surface area contributed by atoms with Gasteiger partial charge in [0.25, 0.3) is 0 Å². The number of nitrogens with zero attached hydrogens (tertiary/aromatic N) is 2. The summed E-state index contributed by atoms with van der Waals surface area (Å²) in [6, 6.07) is 10.8. The molecule has 0 radical (unpaired) electrons. The highest BCUT2D eigenvalue weighted by Gasteiger charge is 2.25. The summed E-state index contributed by atoms with van der Waals surface area (Å²) >= 11 is 5.66. The van der Waals surface area contributed by atoms with Gasteiger partial charge < -0.3 is 18.9 Å². The third-order valence-electron chi connectivity index (χ3n) is 4.94. The van der Waals surface area contributed by atoms with Crippen LogP contribution in [0.5, 0.6) is 23.0 Å². The molecule has 2 aromatic carbocycles. The lowest BCUT2D eigenvalue weighted by Crippen LogP contribution is -2.05. The molecule has 0 aliphatic carbocycles. The Balaban J connectivity index is 1.94. The number of ether oxygens (including phenoxy) is 4. The number of carbonyl (C=O) groups excluding carboxylic acids is 1. The van der Waals surface area contributed by atoms with Gasteiger partial charge >= 0.3 is 0 Å². The molecule has 0 aliphatic heterocycles. The van der Waals surface area contributed by atoms with Crippen LogP contribution in [0.2, 0.25) is 0 Å². The molecule has 164 valence electrons. The van der Waals surface area contributed by atoms with Crippen molar-refractivity contribution < 1.29 is 23.7 Å². The van der Waals surface area contributed by atoms with Gasteiger partial charge in [-0.1, -0.05) is 0 Å². The van der Waals surface area contributed by atoms with Gasteiger partial charge in [-0.2, -0.15) is 0 Å². The molecule has 9 heteroatoms. The largest absolute Gasteiger partial charge is 0.497 e. The van der Waals surface area contributed by atoms with Crippen molar-refractivity contribution in [1.82, 2.24) is 9.97 Å². The van der Waals surface area contributed by atoms with Crippen LogP contribution in [0.4, 0.5) is 0 Å². The number of fused-ring (bicyclic) bond motifs is 1. The average Bonchev–Trinajstić information content (AvgIpc) is 3.20. The zero-order chi connectivity index (χ0) is 22.8. The van der Waals surface area contributed by atoms with Gasteiger partial charge in [-0.15, -0.1) is 24.0 Å². The summed E-state index contributed by atoms with van der Waals surface area (Å²) in [6.45, 7) is 0. The molecule has 2 aromatic heterocycles. The average molecular weight is 469 g/mol. The predicted molar refractivity (Wildman–Crippen MR) is 126 cm³/mol. The van der Waals surface area contributed by atoms with Crippen LogP contribution in [0.25, 0.3) is 20.7 Å². The summed E-state index contributed by atoms with van der Waals surface area (Å²) < 4.78 is 21.5. The molecule has 0 saturated carbocycles. The minimum atomic E-state index is -0.211. The third kappa shape index (κ3) is 3.85. The number of carbonyl (C=O) groups is 1. The normalized spacial score (nSPS) is 10.8. The van der Waals surface area contributed by atoms with E-state index in [1.165, 1.54) is 32.7 Å². The molecule has 4 rings (SSSR count). The third-order valence-corrected chi connectivity index (χ3v) is 6.31. The number of hydrogen-bond donors (Lipinski definition) is 1. The number of benzene rings is 2. The van der Waals surface area contributed by atoms with E-state index in [-0.39, 0.29) is 5.78 Å². The first kappa shape index (κ1) is 21.9. The van der Waals surface area contributed by atoms with Crippen LogP contribution in [-0.2, 0) is 0 Å². The van der Waals surface area contributed by atoms with Gasteiger partial charge in [-0.25, -0.2) is 9.97 Å². The maximum Gasteiger partial charge on any atom is 0.203 e. The van der Waals surface area contributed by atoms with E-state index in [2.05, 4.69) is 22.6 Å². The number of methoxy groups -OCH3 is 4. The molecule has 0 bridgehead atoms.